The van der Waals surface area contributed by atoms with Crippen LogP contribution < -0.4 is 5.32 Å². The Kier molecular flexibility index (Phi) is 4.52. The van der Waals surface area contributed by atoms with Crippen LogP contribution in [0, 0.1) is 11.3 Å². The van der Waals surface area contributed by atoms with Gasteiger partial charge >= 0.3 is 0 Å². The summed E-state index contributed by atoms with van der Waals surface area (Å²) in [6, 6.07) is 12.2. The van der Waals surface area contributed by atoms with Gasteiger partial charge in [0.25, 0.3) is 0 Å². The topological polar surface area (TPSA) is 48.7 Å². The molecule has 0 amide bonds. The van der Waals surface area contributed by atoms with E-state index in [9.17, 15) is 0 Å². The van der Waals surface area contributed by atoms with Gasteiger partial charge in [-0.1, -0.05) is 25.5 Å². The Morgan fingerprint density at radius 3 is 2.68 bits per heavy atom. The van der Waals surface area contributed by atoms with Crippen molar-refractivity contribution >= 4 is 11.4 Å². The molecule has 0 aliphatic carbocycles. The van der Waals surface area contributed by atoms with Gasteiger partial charge < -0.3 is 5.32 Å². The van der Waals surface area contributed by atoms with Crippen molar-refractivity contribution in [1.82, 2.24) is 4.98 Å². The number of nitrogens with zero attached hydrogens (tertiary/aromatic N) is 2. The zero-order valence-corrected chi connectivity index (χ0v) is 11.1. The molecular formula is C16H17N3. The molecule has 0 saturated carbocycles. The fourth-order valence-electron chi connectivity index (χ4n) is 1.88. The average Bonchev–Trinajstić information content (AvgIpc) is 2.47. The highest BCUT2D eigenvalue weighted by Crippen LogP contribution is 2.20. The summed E-state index contributed by atoms with van der Waals surface area (Å²) in [6.45, 7) is 2.20. The van der Waals surface area contributed by atoms with E-state index in [2.05, 4.69) is 35.4 Å². The van der Waals surface area contributed by atoms with Crippen LogP contribution in [-0.4, -0.2) is 4.98 Å². The van der Waals surface area contributed by atoms with Crippen molar-refractivity contribution < 1.29 is 0 Å². The number of hydrogen-bond donors (Lipinski definition) is 1. The lowest BCUT2D eigenvalue weighted by molar-refractivity contribution is 0.795. The lowest BCUT2D eigenvalue weighted by atomic mass is 10.1. The number of nitrogens with one attached hydrogen (secondary N) is 1. The Morgan fingerprint density at radius 1 is 1.21 bits per heavy atom. The molecule has 1 aromatic heterocycles. The molecule has 2 rings (SSSR count). The summed E-state index contributed by atoms with van der Waals surface area (Å²) in [4.78, 5) is 4.03. The van der Waals surface area contributed by atoms with Crippen molar-refractivity contribution in [3.05, 3.63) is 53.9 Å². The highest BCUT2D eigenvalue weighted by molar-refractivity contribution is 5.65. The van der Waals surface area contributed by atoms with Crippen LogP contribution >= 0.6 is 0 Å². The van der Waals surface area contributed by atoms with Gasteiger partial charge in [-0.05, 0) is 36.6 Å². The molecule has 1 heterocycles. The second-order valence-corrected chi connectivity index (χ2v) is 4.46. The van der Waals surface area contributed by atoms with E-state index >= 15 is 0 Å². The van der Waals surface area contributed by atoms with Gasteiger partial charge in [0.15, 0.2) is 0 Å². The van der Waals surface area contributed by atoms with Crippen LogP contribution in [0.3, 0.4) is 0 Å². The quantitative estimate of drug-likeness (QED) is 0.872. The first-order valence-corrected chi connectivity index (χ1v) is 6.53. The molecule has 2 aromatic rings. The largest absolute Gasteiger partial charge is 0.353 e. The smallest absolute Gasteiger partial charge is 0.101 e. The van der Waals surface area contributed by atoms with Crippen molar-refractivity contribution in [2.24, 2.45) is 0 Å². The van der Waals surface area contributed by atoms with Crippen LogP contribution in [0.2, 0.25) is 0 Å². The summed E-state index contributed by atoms with van der Waals surface area (Å²) < 4.78 is 0. The third-order valence-electron chi connectivity index (χ3n) is 2.99. The number of pyridine rings is 1. The maximum Gasteiger partial charge on any atom is 0.101 e. The minimum atomic E-state index is 0.602. The average molecular weight is 251 g/mol. The van der Waals surface area contributed by atoms with E-state index < -0.39 is 0 Å². The van der Waals surface area contributed by atoms with Crippen molar-refractivity contribution in [2.75, 3.05) is 5.32 Å². The molecular weight excluding hydrogens is 234 g/mol. The van der Waals surface area contributed by atoms with Gasteiger partial charge in [-0.15, -0.1) is 0 Å². The molecule has 0 aliphatic rings. The van der Waals surface area contributed by atoms with E-state index in [1.165, 1.54) is 18.4 Å². The molecule has 3 heteroatoms. The molecule has 19 heavy (non-hydrogen) atoms. The van der Waals surface area contributed by atoms with E-state index in [-0.39, 0.29) is 0 Å². The zero-order chi connectivity index (χ0) is 13.5. The second kappa shape index (κ2) is 6.55. The predicted octanol–water partition coefficient (Wildman–Crippen LogP) is 4.04. The van der Waals surface area contributed by atoms with Gasteiger partial charge in [-0.25, -0.2) is 0 Å². The predicted molar refractivity (Wildman–Crippen MR) is 77.3 cm³/mol. The third kappa shape index (κ3) is 3.56. The van der Waals surface area contributed by atoms with E-state index in [4.69, 9.17) is 5.26 Å². The molecule has 0 unspecified atom stereocenters. The summed E-state index contributed by atoms with van der Waals surface area (Å²) in [5, 5.41) is 12.2. The van der Waals surface area contributed by atoms with Gasteiger partial charge in [-0.2, -0.15) is 5.26 Å². The summed E-state index contributed by atoms with van der Waals surface area (Å²) in [6.07, 6.45) is 6.84. The van der Waals surface area contributed by atoms with Gasteiger partial charge in [0.05, 0.1) is 17.4 Å². The van der Waals surface area contributed by atoms with Gasteiger partial charge in [0, 0.05) is 11.9 Å². The van der Waals surface area contributed by atoms with E-state index in [1.807, 2.05) is 12.1 Å². The molecule has 96 valence electrons. The number of anilines is 2. The van der Waals surface area contributed by atoms with Crippen molar-refractivity contribution in [2.45, 2.75) is 26.2 Å². The number of unbranched alkanes of at least 4 members (excludes halogenated alkanes) is 1. The lowest BCUT2D eigenvalue weighted by Crippen LogP contribution is -1.94. The summed E-state index contributed by atoms with van der Waals surface area (Å²) in [5.74, 6) is 0. The molecule has 0 fully saturated rings. The number of rotatable bonds is 5. The molecule has 0 radical (unpaired) electrons. The summed E-state index contributed by atoms with van der Waals surface area (Å²) in [5.41, 5.74) is 3.67. The standard InChI is InChI=1S/C16H17N3/c1-2-3-4-13-5-7-15(8-6-13)19-16-12-18-10-9-14(16)11-17/h5-10,12,19H,2-4H2,1H3. The minimum absolute atomic E-state index is 0.602. The maximum atomic E-state index is 9.02. The molecule has 0 atom stereocenters. The molecule has 0 saturated heterocycles. The first kappa shape index (κ1) is 13.1. The van der Waals surface area contributed by atoms with Crippen molar-refractivity contribution in [1.29, 1.82) is 5.26 Å². The molecule has 0 aliphatic heterocycles. The number of nitriles is 1. The highest BCUT2D eigenvalue weighted by atomic mass is 14.9. The van der Waals surface area contributed by atoms with E-state index in [1.54, 1.807) is 18.5 Å². The molecule has 1 aromatic carbocycles. The van der Waals surface area contributed by atoms with Crippen LogP contribution in [0.25, 0.3) is 0 Å². The maximum absolute atomic E-state index is 9.02. The van der Waals surface area contributed by atoms with E-state index in [0.29, 0.717) is 5.56 Å². The fourth-order valence-corrected chi connectivity index (χ4v) is 1.88. The van der Waals surface area contributed by atoms with Crippen LogP contribution in [0.5, 0.6) is 0 Å². The molecule has 1 N–H and O–H groups in total. The van der Waals surface area contributed by atoms with Gasteiger partial charge in [0.2, 0.25) is 0 Å². The molecule has 0 spiro atoms. The Hall–Kier alpha value is -2.34. The van der Waals surface area contributed by atoms with Crippen molar-refractivity contribution in [3.8, 4) is 6.07 Å². The Bertz CT molecular complexity index is 567. The molecule has 3 nitrogen and oxygen atoms in total. The SMILES string of the molecule is CCCCc1ccc(Nc2cnccc2C#N)cc1. The Balaban J connectivity index is 2.09. The van der Waals surface area contributed by atoms with Gasteiger partial charge in [-0.3, -0.25) is 4.98 Å². The zero-order valence-electron chi connectivity index (χ0n) is 11.1. The summed E-state index contributed by atoms with van der Waals surface area (Å²) in [7, 11) is 0. The third-order valence-corrected chi connectivity index (χ3v) is 2.99. The Labute approximate surface area is 113 Å². The van der Waals surface area contributed by atoms with Crippen molar-refractivity contribution in [3.63, 3.8) is 0 Å². The van der Waals surface area contributed by atoms with E-state index in [0.717, 1.165) is 17.8 Å². The van der Waals surface area contributed by atoms with Crippen LogP contribution in [0.15, 0.2) is 42.7 Å². The minimum Gasteiger partial charge on any atom is -0.353 e. The monoisotopic (exact) mass is 251 g/mol. The summed E-state index contributed by atoms with van der Waals surface area (Å²) >= 11 is 0. The van der Waals surface area contributed by atoms with Gasteiger partial charge in [0.1, 0.15) is 6.07 Å². The molecule has 0 bridgehead atoms. The lowest BCUT2D eigenvalue weighted by Gasteiger charge is -2.08. The number of aromatic nitrogens is 1. The second-order valence-electron chi connectivity index (χ2n) is 4.46. The number of benzene rings is 1. The number of hydrogen-bond acceptors (Lipinski definition) is 3. The highest BCUT2D eigenvalue weighted by Gasteiger charge is 2.01. The Morgan fingerprint density at radius 2 is 2.00 bits per heavy atom. The first-order valence-electron chi connectivity index (χ1n) is 6.53. The number of aryl methyl sites for hydroxylation is 1. The normalized spacial score (nSPS) is 9.89. The first-order chi connectivity index (χ1) is 9.33. The van der Waals surface area contributed by atoms with Crippen LogP contribution in [0.1, 0.15) is 30.9 Å². The van der Waals surface area contributed by atoms with Crippen LogP contribution in [0.4, 0.5) is 11.4 Å². The van der Waals surface area contributed by atoms with Crippen LogP contribution in [-0.2, 0) is 6.42 Å². The fraction of sp³-hybridized carbons (Fsp3) is 0.250.